The van der Waals surface area contributed by atoms with E-state index in [1.54, 1.807) is 0 Å². The maximum absolute atomic E-state index is 14.5. The Kier molecular flexibility index (Phi) is 6.33. The summed E-state index contributed by atoms with van der Waals surface area (Å²) in [4.78, 5) is 3.79. The highest BCUT2D eigenvalue weighted by atomic mass is 32.2. The summed E-state index contributed by atoms with van der Waals surface area (Å²) < 4.78 is 119. The van der Waals surface area contributed by atoms with Crippen molar-refractivity contribution in [2.75, 3.05) is 11.3 Å². The van der Waals surface area contributed by atoms with Crippen molar-refractivity contribution >= 4 is 21.2 Å². The number of benzene rings is 2. The number of alkyl halides is 5. The number of aromatic nitrogens is 1. The summed E-state index contributed by atoms with van der Waals surface area (Å²) in [5, 5.41) is 0.831. The molecule has 1 atom stereocenters. The van der Waals surface area contributed by atoms with Crippen molar-refractivity contribution in [3.63, 3.8) is 0 Å². The number of hydrogen-bond donors (Lipinski definition) is 1. The molecule has 1 aliphatic rings. The third-order valence-corrected chi connectivity index (χ3v) is 6.47. The fraction of sp³-hybridized carbons (Fsp3) is 0.174. The number of anilines is 1. The summed E-state index contributed by atoms with van der Waals surface area (Å²) >= 11 is 0. The Bertz CT molecular complexity index is 1460. The minimum Gasteiger partial charge on any atom is -0.276 e. The number of hydrazine groups is 1. The van der Waals surface area contributed by atoms with Crippen LogP contribution in [0.25, 0.3) is 16.8 Å². The Morgan fingerprint density at radius 2 is 1.67 bits per heavy atom. The molecule has 1 aliphatic heterocycles. The van der Waals surface area contributed by atoms with Gasteiger partial charge in [-0.05, 0) is 42.0 Å². The predicted octanol–water partition coefficient (Wildman–Crippen LogP) is 5.36. The van der Waals surface area contributed by atoms with E-state index >= 15 is 0 Å². The van der Waals surface area contributed by atoms with Crippen LogP contribution in [0, 0.1) is 11.6 Å². The molecule has 4 rings (SSSR count). The Hall–Kier alpha value is -3.45. The van der Waals surface area contributed by atoms with Gasteiger partial charge in [0.25, 0.3) is 0 Å². The molecule has 36 heavy (non-hydrogen) atoms. The minimum atomic E-state index is -5.91. The number of nitrogens with one attached hydrogen (secondary N) is 1. The lowest BCUT2D eigenvalue weighted by atomic mass is 10.1. The molecule has 3 aromatic rings. The van der Waals surface area contributed by atoms with Gasteiger partial charge in [-0.15, -0.1) is 0 Å². The summed E-state index contributed by atoms with van der Waals surface area (Å²) in [5.41, 5.74) is 1.92. The molecule has 0 amide bonds. The van der Waals surface area contributed by atoms with Gasteiger partial charge in [0, 0.05) is 35.8 Å². The lowest BCUT2D eigenvalue weighted by Crippen LogP contribution is -2.54. The van der Waals surface area contributed by atoms with E-state index in [-0.39, 0.29) is 10.6 Å². The van der Waals surface area contributed by atoms with Crippen LogP contribution in [-0.2, 0) is 9.84 Å². The maximum atomic E-state index is 14.5. The van der Waals surface area contributed by atoms with Crippen LogP contribution < -0.4 is 10.4 Å². The number of rotatable bonds is 5. The van der Waals surface area contributed by atoms with Crippen LogP contribution in [0.4, 0.5) is 36.4 Å². The normalized spacial score (nSPS) is 16.8. The molecule has 0 spiro atoms. The fourth-order valence-corrected chi connectivity index (χ4v) is 4.16. The highest BCUT2D eigenvalue weighted by Crippen LogP contribution is 2.43. The van der Waals surface area contributed by atoms with Crippen molar-refractivity contribution in [1.82, 2.24) is 10.4 Å². The maximum Gasteiger partial charge on any atom is 0.455 e. The lowest BCUT2D eigenvalue weighted by molar-refractivity contribution is -0.287. The van der Waals surface area contributed by atoms with E-state index in [1.165, 1.54) is 36.5 Å². The van der Waals surface area contributed by atoms with E-state index < -0.39 is 50.9 Å². The highest BCUT2D eigenvalue weighted by Gasteiger charge is 2.63. The third kappa shape index (κ3) is 4.80. The zero-order valence-corrected chi connectivity index (χ0v) is 19.0. The van der Waals surface area contributed by atoms with Gasteiger partial charge in [0.15, 0.2) is 9.84 Å². The molecule has 190 valence electrons. The van der Waals surface area contributed by atoms with Crippen molar-refractivity contribution in [2.45, 2.75) is 23.0 Å². The Morgan fingerprint density at radius 3 is 2.31 bits per heavy atom. The molecule has 2 heterocycles. The Labute approximate surface area is 200 Å². The second kappa shape index (κ2) is 8.89. The predicted molar refractivity (Wildman–Crippen MR) is 118 cm³/mol. The Morgan fingerprint density at radius 1 is 0.944 bits per heavy atom. The Balaban J connectivity index is 1.81. The van der Waals surface area contributed by atoms with Gasteiger partial charge in [0.05, 0.1) is 16.3 Å². The summed E-state index contributed by atoms with van der Waals surface area (Å²) in [7, 11) is -3.61. The van der Waals surface area contributed by atoms with Crippen molar-refractivity contribution in [2.24, 2.45) is 0 Å². The zero-order chi connectivity index (χ0) is 26.5. The van der Waals surface area contributed by atoms with E-state index in [0.717, 1.165) is 29.6 Å². The molecule has 2 aromatic carbocycles. The van der Waals surface area contributed by atoms with E-state index in [2.05, 4.69) is 10.4 Å². The quantitative estimate of drug-likeness (QED) is 0.449. The first-order chi connectivity index (χ1) is 16.7. The highest BCUT2D eigenvalue weighted by molar-refractivity contribution is 7.90. The van der Waals surface area contributed by atoms with Crippen LogP contribution in [0.1, 0.15) is 5.56 Å². The van der Waals surface area contributed by atoms with Crippen LogP contribution in [0.15, 0.2) is 71.9 Å². The molecule has 0 saturated heterocycles. The molecule has 13 heteroatoms. The molecular formula is C23H16F7N3O2S. The molecule has 0 bridgehead atoms. The van der Waals surface area contributed by atoms with E-state index in [0.29, 0.717) is 23.3 Å². The zero-order valence-electron chi connectivity index (χ0n) is 18.2. The number of pyridine rings is 1. The van der Waals surface area contributed by atoms with E-state index in [1.807, 2.05) is 0 Å². The summed E-state index contributed by atoms with van der Waals surface area (Å²) in [6.45, 7) is 0. The molecule has 0 fully saturated rings. The smallest absolute Gasteiger partial charge is 0.276 e. The largest absolute Gasteiger partial charge is 0.455 e. The fourth-order valence-electron chi connectivity index (χ4n) is 3.57. The average Bonchev–Trinajstić information content (AvgIpc) is 3.24. The van der Waals surface area contributed by atoms with Crippen LogP contribution in [0.3, 0.4) is 0 Å². The van der Waals surface area contributed by atoms with Crippen LogP contribution in [0.2, 0.25) is 0 Å². The first-order valence-electron chi connectivity index (χ1n) is 10.1. The van der Waals surface area contributed by atoms with Crippen molar-refractivity contribution in [3.05, 3.63) is 84.2 Å². The monoisotopic (exact) mass is 531 g/mol. The van der Waals surface area contributed by atoms with Gasteiger partial charge in [0.1, 0.15) is 17.7 Å². The van der Waals surface area contributed by atoms with E-state index in [4.69, 9.17) is 0 Å². The number of nitrogens with zero attached hydrogens (tertiary/aromatic N) is 2. The molecule has 0 radical (unpaired) electrons. The van der Waals surface area contributed by atoms with Crippen molar-refractivity contribution in [1.29, 1.82) is 0 Å². The van der Waals surface area contributed by atoms with Crippen LogP contribution in [-0.4, -0.2) is 37.8 Å². The van der Waals surface area contributed by atoms with E-state index in [9.17, 15) is 39.2 Å². The number of hydrogen-bond acceptors (Lipinski definition) is 5. The minimum absolute atomic E-state index is 0.0210. The lowest BCUT2D eigenvalue weighted by Gasteiger charge is -2.28. The molecule has 1 N–H and O–H groups in total. The van der Waals surface area contributed by atoms with Gasteiger partial charge in [-0.3, -0.25) is 9.99 Å². The molecule has 5 nitrogen and oxygen atoms in total. The molecule has 1 unspecified atom stereocenters. The first kappa shape index (κ1) is 25.6. The summed E-state index contributed by atoms with van der Waals surface area (Å²) in [5.74, 6) is -7.37. The van der Waals surface area contributed by atoms with Gasteiger partial charge in [-0.25, -0.2) is 22.6 Å². The average molecular weight is 531 g/mol. The number of halogens is 7. The second-order valence-corrected chi connectivity index (χ2v) is 9.99. The molecule has 0 aliphatic carbocycles. The molecule has 1 aromatic heterocycles. The van der Waals surface area contributed by atoms with Crippen molar-refractivity contribution < 1.29 is 39.2 Å². The van der Waals surface area contributed by atoms with Gasteiger partial charge in [0.2, 0.25) is 0 Å². The van der Waals surface area contributed by atoms with Gasteiger partial charge >= 0.3 is 12.1 Å². The summed E-state index contributed by atoms with van der Waals surface area (Å²) in [6.07, 6.45) is -1.95. The second-order valence-electron chi connectivity index (χ2n) is 7.97. The van der Waals surface area contributed by atoms with Crippen LogP contribution in [0.5, 0.6) is 0 Å². The van der Waals surface area contributed by atoms with Gasteiger partial charge < -0.3 is 0 Å². The third-order valence-electron chi connectivity index (χ3n) is 5.39. The topological polar surface area (TPSA) is 62.3 Å². The summed E-state index contributed by atoms with van der Waals surface area (Å²) in [6, 6.07) is 6.63. The first-order valence-corrected chi connectivity index (χ1v) is 12.0. The van der Waals surface area contributed by atoms with Gasteiger partial charge in [-0.1, -0.05) is 12.1 Å². The molecule has 0 saturated carbocycles. The number of sulfone groups is 1. The standard InChI is InChI=1S/C23H16F7N3O2S/c1-36(34,35)17-8-14(11-31-12-17)13-3-2-4-16(7-13)33-20(18-6-5-15(24)9-19(18)25)10-21(32-33)22(26,27)23(28,29)30/h2-12,21,32H,1H3. The SMILES string of the molecule is CS(=O)(=O)c1cncc(-c2cccc(N3NC(C(F)(F)C(F)(F)F)C=C3c3ccc(F)cc3F)c2)c1. The van der Waals surface area contributed by atoms with Crippen molar-refractivity contribution in [3.8, 4) is 11.1 Å². The van der Waals surface area contributed by atoms with Gasteiger partial charge in [-0.2, -0.15) is 22.0 Å². The molecular weight excluding hydrogens is 515 g/mol. The van der Waals surface area contributed by atoms with Crippen LogP contribution >= 0.6 is 0 Å².